The van der Waals surface area contributed by atoms with Gasteiger partial charge in [0, 0.05) is 6.07 Å². The van der Waals surface area contributed by atoms with E-state index in [-0.39, 0.29) is 17.1 Å². The zero-order chi connectivity index (χ0) is 17.3. The minimum Gasteiger partial charge on any atom is -0.467 e. The molecular formula is C12H9BrCl2N2O5S. The van der Waals surface area contributed by atoms with Crippen molar-refractivity contribution in [1.82, 2.24) is 0 Å². The second kappa shape index (κ2) is 6.68. The van der Waals surface area contributed by atoms with Gasteiger partial charge in [0.1, 0.15) is 11.4 Å². The number of hydrogen-bond acceptors (Lipinski definition) is 6. The molecular weight excluding hydrogens is 435 g/mol. The van der Waals surface area contributed by atoms with Gasteiger partial charge in [0.15, 0.2) is 0 Å². The lowest BCUT2D eigenvalue weighted by Crippen LogP contribution is -2.19. The standard InChI is InChI=1S/C12H9BrCl2N2O5S/c13-12(14,15)23(20,21)9-3-4-10(11(6-9)17(18)19)16-7-8-2-1-5-22-8/h1-6,16H,7H2. The topological polar surface area (TPSA) is 102 Å². The molecule has 0 fully saturated rings. The summed E-state index contributed by atoms with van der Waals surface area (Å²) in [5, 5.41) is 14.0. The van der Waals surface area contributed by atoms with Crippen molar-refractivity contribution in [1.29, 1.82) is 0 Å². The Bertz CT molecular complexity index is 818. The molecule has 0 radical (unpaired) electrons. The summed E-state index contributed by atoms with van der Waals surface area (Å²) in [4.78, 5) is 10.1. The normalized spacial score (nSPS) is 12.1. The first-order chi connectivity index (χ1) is 10.6. The third kappa shape index (κ3) is 3.97. The molecule has 11 heteroatoms. The summed E-state index contributed by atoms with van der Waals surface area (Å²) in [5.74, 6) is 0.567. The van der Waals surface area contributed by atoms with Crippen LogP contribution in [0.3, 0.4) is 0 Å². The number of nitrogens with zero attached hydrogens (tertiary/aromatic N) is 1. The molecule has 2 aromatic rings. The van der Waals surface area contributed by atoms with Crippen molar-refractivity contribution in [3.05, 3.63) is 52.5 Å². The van der Waals surface area contributed by atoms with Crippen LogP contribution in [0.15, 0.2) is 45.9 Å². The summed E-state index contributed by atoms with van der Waals surface area (Å²) in [6, 6.07) is 6.70. The molecule has 1 N–H and O–H groups in total. The van der Waals surface area contributed by atoms with E-state index in [0.717, 1.165) is 6.07 Å². The maximum Gasteiger partial charge on any atom is 0.293 e. The van der Waals surface area contributed by atoms with E-state index < -0.39 is 23.0 Å². The molecule has 2 rings (SSSR count). The number of nitro groups is 1. The number of halogens is 3. The fraction of sp³-hybridized carbons (Fsp3) is 0.167. The molecule has 0 aliphatic carbocycles. The first kappa shape index (κ1) is 18.1. The SMILES string of the molecule is O=[N+]([O-])c1cc(S(=O)(=O)C(Cl)(Cl)Br)ccc1NCc1ccco1. The molecule has 23 heavy (non-hydrogen) atoms. The number of anilines is 1. The highest BCUT2D eigenvalue weighted by atomic mass is 79.9. The predicted molar refractivity (Wildman–Crippen MR) is 89.7 cm³/mol. The molecule has 0 aliphatic rings. The molecule has 0 atom stereocenters. The van der Waals surface area contributed by atoms with Crippen LogP contribution in [0.5, 0.6) is 0 Å². The number of nitro benzene ring substituents is 1. The quantitative estimate of drug-likeness (QED) is 0.410. The average molecular weight is 444 g/mol. The van der Waals surface area contributed by atoms with Crippen LogP contribution in [0.4, 0.5) is 11.4 Å². The van der Waals surface area contributed by atoms with E-state index in [4.69, 9.17) is 27.6 Å². The zero-order valence-electron chi connectivity index (χ0n) is 11.2. The molecule has 0 spiro atoms. The number of hydrogen-bond donors (Lipinski definition) is 1. The van der Waals surface area contributed by atoms with E-state index >= 15 is 0 Å². The van der Waals surface area contributed by atoms with Gasteiger partial charge >= 0.3 is 0 Å². The first-order valence-corrected chi connectivity index (χ1v) is 9.02. The first-order valence-electron chi connectivity index (χ1n) is 5.99. The van der Waals surface area contributed by atoms with Crippen LogP contribution in [0.2, 0.25) is 0 Å². The lowest BCUT2D eigenvalue weighted by molar-refractivity contribution is -0.384. The molecule has 0 saturated heterocycles. The minimum absolute atomic E-state index is 0.134. The summed E-state index contributed by atoms with van der Waals surface area (Å²) >= 11 is 13.7. The fourth-order valence-corrected chi connectivity index (χ4v) is 3.58. The Labute approximate surface area is 149 Å². The molecule has 7 nitrogen and oxygen atoms in total. The van der Waals surface area contributed by atoms with Crippen LogP contribution in [-0.2, 0) is 16.4 Å². The van der Waals surface area contributed by atoms with Crippen LogP contribution in [0.1, 0.15) is 5.76 Å². The van der Waals surface area contributed by atoms with Gasteiger partial charge in [-0.2, -0.15) is 0 Å². The highest BCUT2D eigenvalue weighted by Gasteiger charge is 2.39. The van der Waals surface area contributed by atoms with Crippen molar-refractivity contribution in [2.24, 2.45) is 0 Å². The van der Waals surface area contributed by atoms with Gasteiger partial charge < -0.3 is 9.73 Å². The van der Waals surface area contributed by atoms with E-state index in [1.54, 1.807) is 12.1 Å². The summed E-state index contributed by atoms with van der Waals surface area (Å²) < 4.78 is 27.1. The lowest BCUT2D eigenvalue weighted by Gasteiger charge is -2.13. The molecule has 0 bridgehead atoms. The fourth-order valence-electron chi connectivity index (χ4n) is 1.71. The maximum absolute atomic E-state index is 12.1. The van der Waals surface area contributed by atoms with Gasteiger partial charge in [0.25, 0.3) is 8.26 Å². The van der Waals surface area contributed by atoms with E-state index in [1.807, 2.05) is 0 Å². The van der Waals surface area contributed by atoms with E-state index in [1.165, 1.54) is 18.4 Å². The largest absolute Gasteiger partial charge is 0.467 e. The van der Waals surface area contributed by atoms with Gasteiger partial charge in [0.05, 0.1) is 22.6 Å². The van der Waals surface area contributed by atoms with Gasteiger partial charge in [-0.3, -0.25) is 10.1 Å². The molecule has 0 saturated carbocycles. The van der Waals surface area contributed by atoms with Crippen LogP contribution in [0, 0.1) is 10.1 Å². The second-order valence-electron chi connectivity index (χ2n) is 4.32. The van der Waals surface area contributed by atoms with Crippen molar-refractivity contribution < 1.29 is 17.8 Å². The van der Waals surface area contributed by atoms with Gasteiger partial charge in [-0.25, -0.2) is 8.42 Å². The molecule has 0 unspecified atom stereocenters. The maximum atomic E-state index is 12.1. The summed E-state index contributed by atoms with van der Waals surface area (Å²) in [6.07, 6.45) is 1.47. The Balaban J connectivity index is 2.37. The summed E-state index contributed by atoms with van der Waals surface area (Å²) in [7, 11) is -4.21. The van der Waals surface area contributed by atoms with Gasteiger partial charge in [-0.05, 0) is 40.2 Å². The number of rotatable bonds is 6. The number of furan rings is 1. The molecule has 1 aromatic heterocycles. The van der Waals surface area contributed by atoms with Gasteiger partial charge in [0.2, 0.25) is 9.84 Å². The second-order valence-corrected chi connectivity index (χ2v) is 10.8. The third-order valence-corrected chi connectivity index (χ3v) is 6.80. The minimum atomic E-state index is -4.21. The molecule has 0 amide bonds. The van der Waals surface area contributed by atoms with Crippen molar-refractivity contribution in [3.8, 4) is 0 Å². The molecule has 0 aliphatic heterocycles. The molecule has 1 aromatic carbocycles. The van der Waals surface area contributed by atoms with E-state index in [2.05, 4.69) is 21.2 Å². The molecule has 124 valence electrons. The Kier molecular flexibility index (Phi) is 5.24. The zero-order valence-corrected chi connectivity index (χ0v) is 15.1. The number of nitrogens with one attached hydrogen (secondary N) is 1. The Morgan fingerprint density at radius 3 is 2.57 bits per heavy atom. The summed E-state index contributed by atoms with van der Waals surface area (Å²) in [6.45, 7) is 0.202. The Morgan fingerprint density at radius 1 is 1.35 bits per heavy atom. The van der Waals surface area contributed by atoms with E-state index in [9.17, 15) is 18.5 Å². The number of alkyl halides is 3. The Morgan fingerprint density at radius 2 is 2.04 bits per heavy atom. The highest BCUT2D eigenvalue weighted by molar-refractivity contribution is 9.12. The van der Waals surface area contributed by atoms with Crippen molar-refractivity contribution in [2.45, 2.75) is 14.0 Å². The Hall–Kier alpha value is -1.29. The van der Waals surface area contributed by atoms with Gasteiger partial charge in [-0.1, -0.05) is 23.2 Å². The van der Waals surface area contributed by atoms with Crippen molar-refractivity contribution >= 4 is 60.3 Å². The number of benzene rings is 1. The highest BCUT2D eigenvalue weighted by Crippen LogP contribution is 2.41. The van der Waals surface area contributed by atoms with E-state index in [0.29, 0.717) is 5.76 Å². The lowest BCUT2D eigenvalue weighted by atomic mass is 10.2. The van der Waals surface area contributed by atoms with Crippen LogP contribution >= 0.6 is 39.1 Å². The smallest absolute Gasteiger partial charge is 0.293 e. The van der Waals surface area contributed by atoms with Gasteiger partial charge in [-0.15, -0.1) is 0 Å². The monoisotopic (exact) mass is 442 g/mol. The average Bonchev–Trinajstić information content (AvgIpc) is 2.96. The third-order valence-electron chi connectivity index (χ3n) is 2.81. The van der Waals surface area contributed by atoms with Crippen LogP contribution in [0.25, 0.3) is 0 Å². The molecule has 1 heterocycles. The van der Waals surface area contributed by atoms with Crippen LogP contribution in [-0.4, -0.2) is 15.9 Å². The summed E-state index contributed by atoms with van der Waals surface area (Å²) in [5.41, 5.74) is -0.294. The van der Waals surface area contributed by atoms with Crippen molar-refractivity contribution in [2.75, 3.05) is 5.32 Å². The van der Waals surface area contributed by atoms with Crippen molar-refractivity contribution in [3.63, 3.8) is 0 Å². The number of sulfone groups is 1. The predicted octanol–water partition coefficient (Wildman–Crippen LogP) is 4.06. The van der Waals surface area contributed by atoms with Crippen LogP contribution < -0.4 is 5.32 Å².